The molecule has 2 N–H and O–H groups in total. The van der Waals surface area contributed by atoms with Crippen LogP contribution in [0.25, 0.3) is 5.95 Å². The SMILES string of the molecule is Cc1cc(C)nc(-n2nc(C)cc2NC(=O)CN2CCCC(CNS(C)(=O)=O)C2)n1. The number of hydrogen-bond acceptors (Lipinski definition) is 7. The highest BCUT2D eigenvalue weighted by molar-refractivity contribution is 7.88. The topological polar surface area (TPSA) is 122 Å². The van der Waals surface area contributed by atoms with Crippen LogP contribution in [0, 0.1) is 26.7 Å². The van der Waals surface area contributed by atoms with Crippen LogP contribution in [0.2, 0.25) is 0 Å². The van der Waals surface area contributed by atoms with E-state index in [2.05, 4.69) is 25.1 Å². The summed E-state index contributed by atoms with van der Waals surface area (Å²) in [5, 5.41) is 7.34. The zero-order valence-electron chi connectivity index (χ0n) is 17.8. The number of aryl methyl sites for hydroxylation is 3. The summed E-state index contributed by atoms with van der Waals surface area (Å²) in [5.74, 6) is 0.977. The van der Waals surface area contributed by atoms with E-state index in [1.807, 2.05) is 31.7 Å². The Balaban J connectivity index is 1.64. The van der Waals surface area contributed by atoms with E-state index in [9.17, 15) is 13.2 Å². The summed E-state index contributed by atoms with van der Waals surface area (Å²) in [4.78, 5) is 23.6. The lowest BCUT2D eigenvalue weighted by molar-refractivity contribution is -0.117. The van der Waals surface area contributed by atoms with Gasteiger partial charge in [0.1, 0.15) is 5.82 Å². The van der Waals surface area contributed by atoms with E-state index in [1.54, 1.807) is 10.7 Å². The number of amides is 1. The zero-order valence-corrected chi connectivity index (χ0v) is 18.7. The number of piperidine rings is 1. The van der Waals surface area contributed by atoms with Crippen molar-refractivity contribution in [2.75, 3.05) is 37.8 Å². The fraction of sp³-hybridized carbons (Fsp3) is 0.579. The minimum absolute atomic E-state index is 0.155. The molecule has 11 heteroatoms. The Hall–Kier alpha value is -2.37. The predicted molar refractivity (Wildman–Crippen MR) is 114 cm³/mol. The van der Waals surface area contributed by atoms with Crippen LogP contribution in [-0.2, 0) is 14.8 Å². The van der Waals surface area contributed by atoms with Crippen LogP contribution in [0.3, 0.4) is 0 Å². The molecule has 1 unspecified atom stereocenters. The van der Waals surface area contributed by atoms with Gasteiger partial charge >= 0.3 is 0 Å². The first-order chi connectivity index (χ1) is 14.1. The Morgan fingerprint density at radius 3 is 2.53 bits per heavy atom. The molecule has 0 spiro atoms. The number of carbonyl (C=O) groups excluding carboxylic acids is 1. The lowest BCUT2D eigenvalue weighted by Crippen LogP contribution is -2.43. The molecule has 0 bridgehead atoms. The number of carbonyl (C=O) groups is 1. The second kappa shape index (κ2) is 9.19. The quantitative estimate of drug-likeness (QED) is 0.659. The number of nitrogens with zero attached hydrogens (tertiary/aromatic N) is 5. The second-order valence-corrected chi connectivity index (χ2v) is 9.78. The minimum atomic E-state index is -3.21. The van der Waals surface area contributed by atoms with Gasteiger partial charge in [0.25, 0.3) is 5.95 Å². The summed E-state index contributed by atoms with van der Waals surface area (Å²) in [6.45, 7) is 7.73. The molecule has 2 aromatic rings. The molecular formula is C19H29N7O3S. The molecule has 2 aromatic heterocycles. The number of aromatic nitrogens is 4. The van der Waals surface area contributed by atoms with Gasteiger partial charge in [0.05, 0.1) is 18.5 Å². The number of likely N-dealkylation sites (tertiary alicyclic amines) is 1. The number of rotatable bonds is 7. The van der Waals surface area contributed by atoms with Crippen LogP contribution < -0.4 is 10.0 Å². The monoisotopic (exact) mass is 435 g/mol. The molecule has 1 aliphatic rings. The molecular weight excluding hydrogens is 406 g/mol. The molecule has 1 fully saturated rings. The summed E-state index contributed by atoms with van der Waals surface area (Å²) < 4.78 is 26.8. The van der Waals surface area contributed by atoms with E-state index in [4.69, 9.17) is 0 Å². The zero-order chi connectivity index (χ0) is 21.9. The molecule has 3 rings (SSSR count). The maximum atomic E-state index is 12.7. The second-order valence-electron chi connectivity index (χ2n) is 7.95. The van der Waals surface area contributed by atoms with Crippen LogP contribution in [0.15, 0.2) is 12.1 Å². The minimum Gasteiger partial charge on any atom is -0.309 e. The van der Waals surface area contributed by atoms with Crippen LogP contribution in [0.1, 0.15) is 29.9 Å². The number of hydrogen-bond donors (Lipinski definition) is 2. The van der Waals surface area contributed by atoms with Gasteiger partial charge in [0, 0.05) is 30.5 Å². The van der Waals surface area contributed by atoms with Gasteiger partial charge in [-0.1, -0.05) is 0 Å². The van der Waals surface area contributed by atoms with Crippen molar-refractivity contribution >= 4 is 21.7 Å². The summed E-state index contributed by atoms with van der Waals surface area (Å²) in [7, 11) is -3.21. The first kappa shape index (κ1) is 22.3. The van der Waals surface area contributed by atoms with Gasteiger partial charge in [-0.05, 0) is 52.1 Å². The first-order valence-corrected chi connectivity index (χ1v) is 11.8. The molecule has 0 aliphatic carbocycles. The fourth-order valence-electron chi connectivity index (χ4n) is 3.66. The van der Waals surface area contributed by atoms with Crippen LogP contribution >= 0.6 is 0 Å². The van der Waals surface area contributed by atoms with Crippen LogP contribution in [-0.4, -0.2) is 71.4 Å². The number of anilines is 1. The van der Waals surface area contributed by atoms with Crippen molar-refractivity contribution in [2.45, 2.75) is 33.6 Å². The highest BCUT2D eigenvalue weighted by Gasteiger charge is 2.23. The molecule has 0 aromatic carbocycles. The van der Waals surface area contributed by atoms with Gasteiger partial charge in [0.2, 0.25) is 15.9 Å². The summed E-state index contributed by atoms with van der Waals surface area (Å²) >= 11 is 0. The van der Waals surface area contributed by atoms with E-state index in [1.165, 1.54) is 0 Å². The molecule has 1 amide bonds. The Labute approximate surface area is 177 Å². The van der Waals surface area contributed by atoms with Gasteiger partial charge < -0.3 is 5.32 Å². The Morgan fingerprint density at radius 1 is 1.17 bits per heavy atom. The molecule has 1 aliphatic heterocycles. The first-order valence-electron chi connectivity index (χ1n) is 9.95. The van der Waals surface area contributed by atoms with E-state index >= 15 is 0 Å². The predicted octanol–water partition coefficient (Wildman–Crippen LogP) is 0.787. The molecule has 30 heavy (non-hydrogen) atoms. The van der Waals surface area contributed by atoms with E-state index in [0.29, 0.717) is 24.9 Å². The van der Waals surface area contributed by atoms with Gasteiger partial charge in [-0.2, -0.15) is 9.78 Å². The Kier molecular flexibility index (Phi) is 6.84. The van der Waals surface area contributed by atoms with E-state index in [0.717, 1.165) is 42.7 Å². The van der Waals surface area contributed by atoms with Crippen molar-refractivity contribution < 1.29 is 13.2 Å². The number of sulfonamides is 1. The van der Waals surface area contributed by atoms with Crippen molar-refractivity contribution in [1.82, 2.24) is 29.4 Å². The highest BCUT2D eigenvalue weighted by atomic mass is 32.2. The molecule has 1 atom stereocenters. The van der Waals surface area contributed by atoms with E-state index < -0.39 is 10.0 Å². The molecule has 3 heterocycles. The van der Waals surface area contributed by atoms with Crippen molar-refractivity contribution in [3.8, 4) is 5.95 Å². The average Bonchev–Trinajstić information content (AvgIpc) is 2.99. The fourth-order valence-corrected chi connectivity index (χ4v) is 4.20. The van der Waals surface area contributed by atoms with Crippen LogP contribution in [0.5, 0.6) is 0 Å². The maximum absolute atomic E-state index is 12.7. The largest absolute Gasteiger partial charge is 0.309 e. The van der Waals surface area contributed by atoms with Crippen molar-refractivity contribution in [1.29, 1.82) is 0 Å². The lowest BCUT2D eigenvalue weighted by atomic mass is 9.98. The summed E-state index contributed by atoms with van der Waals surface area (Å²) in [6.07, 6.45) is 3.03. The summed E-state index contributed by atoms with van der Waals surface area (Å²) in [5.41, 5.74) is 2.40. The van der Waals surface area contributed by atoms with Crippen molar-refractivity contribution in [3.63, 3.8) is 0 Å². The lowest BCUT2D eigenvalue weighted by Gasteiger charge is -2.32. The highest BCUT2D eigenvalue weighted by Crippen LogP contribution is 2.18. The smallest absolute Gasteiger partial charge is 0.252 e. The third-order valence-corrected chi connectivity index (χ3v) is 5.55. The molecule has 0 radical (unpaired) electrons. The third kappa shape index (κ3) is 6.31. The van der Waals surface area contributed by atoms with Gasteiger partial charge in [0.15, 0.2) is 0 Å². The maximum Gasteiger partial charge on any atom is 0.252 e. The van der Waals surface area contributed by atoms with Crippen molar-refractivity contribution in [2.24, 2.45) is 5.92 Å². The Bertz CT molecular complexity index is 999. The van der Waals surface area contributed by atoms with Gasteiger partial charge in [-0.25, -0.2) is 23.1 Å². The molecule has 0 saturated carbocycles. The van der Waals surface area contributed by atoms with Gasteiger partial charge in [-0.3, -0.25) is 9.69 Å². The molecule has 10 nitrogen and oxygen atoms in total. The third-order valence-electron chi connectivity index (χ3n) is 4.86. The standard InChI is InChI=1S/C19H29N7O3S/c1-13-8-14(2)22-19(21-13)26-17(9-15(3)24-26)23-18(27)12-25-7-5-6-16(11-25)10-20-30(4,28)29/h8-9,16,20H,5-7,10-12H2,1-4H3,(H,23,27). The molecule has 164 valence electrons. The number of nitrogens with one attached hydrogen (secondary N) is 2. The van der Waals surface area contributed by atoms with Crippen LogP contribution in [0.4, 0.5) is 5.82 Å². The normalized spacial score (nSPS) is 17.8. The molecule has 1 saturated heterocycles. The van der Waals surface area contributed by atoms with Gasteiger partial charge in [-0.15, -0.1) is 0 Å². The summed E-state index contributed by atoms with van der Waals surface area (Å²) in [6, 6.07) is 3.66. The van der Waals surface area contributed by atoms with Crippen molar-refractivity contribution in [3.05, 3.63) is 29.2 Å². The average molecular weight is 436 g/mol. The Morgan fingerprint density at radius 2 is 1.87 bits per heavy atom. The van der Waals surface area contributed by atoms with E-state index in [-0.39, 0.29) is 18.4 Å².